The molecule has 16 heteroatoms. The number of thiazole rings is 1. The van der Waals surface area contributed by atoms with Crippen molar-refractivity contribution in [3.63, 3.8) is 0 Å². The molecule has 0 saturated carbocycles. The average molecular weight is 766 g/mol. The summed E-state index contributed by atoms with van der Waals surface area (Å²) in [6, 6.07) is 18.2. The van der Waals surface area contributed by atoms with Crippen LogP contribution in [0.4, 0.5) is 5.13 Å². The number of aryl methyl sites for hydroxylation is 9. The van der Waals surface area contributed by atoms with Gasteiger partial charge in [0, 0.05) is 0 Å². The summed E-state index contributed by atoms with van der Waals surface area (Å²) in [6.07, 6.45) is 0. The van der Waals surface area contributed by atoms with Crippen molar-refractivity contribution >= 4 is 57.0 Å². The molecule has 0 aliphatic carbocycles. The maximum atomic E-state index is 10.9. The van der Waals surface area contributed by atoms with E-state index in [9.17, 15) is 29.8 Å². The highest BCUT2D eigenvalue weighted by molar-refractivity contribution is 7.86. The monoisotopic (exact) mass is 765 g/mol. The topological polar surface area (TPSA) is 222 Å². The first-order valence-corrected chi connectivity index (χ1v) is 19.9. The number of rotatable bonds is 3. The van der Waals surface area contributed by atoms with Crippen LogP contribution in [0.1, 0.15) is 50.1 Å². The highest BCUT2D eigenvalue weighted by Crippen LogP contribution is 2.23. The summed E-state index contributed by atoms with van der Waals surface area (Å²) >= 11 is 1.49. The third-order valence-corrected chi connectivity index (χ3v) is 11.6. The predicted octanol–water partition coefficient (Wildman–Crippen LogP) is 5.72. The largest absolute Gasteiger partial charge is 0.744 e. The van der Waals surface area contributed by atoms with Crippen molar-refractivity contribution in [3.8, 4) is 0 Å². The molecule has 0 saturated heterocycles. The van der Waals surface area contributed by atoms with Crippen LogP contribution >= 0.6 is 11.3 Å². The van der Waals surface area contributed by atoms with Crippen molar-refractivity contribution in [1.29, 1.82) is 0 Å². The number of nitrogens with zero attached hydrogens (tertiary/aromatic N) is 1. The lowest BCUT2D eigenvalue weighted by atomic mass is 10.1. The van der Waals surface area contributed by atoms with Crippen LogP contribution in [-0.2, 0) is 30.4 Å². The van der Waals surface area contributed by atoms with Gasteiger partial charge >= 0.3 is 5.13 Å². The van der Waals surface area contributed by atoms with Crippen LogP contribution in [0.5, 0.6) is 0 Å². The summed E-state index contributed by atoms with van der Waals surface area (Å²) < 4.78 is 96.7. The third kappa shape index (κ3) is 11.3. The lowest BCUT2D eigenvalue weighted by Crippen LogP contribution is -2.45. The second-order valence-electron chi connectivity index (χ2n) is 11.9. The van der Waals surface area contributed by atoms with Crippen LogP contribution in [0.2, 0.25) is 0 Å². The number of hydrogen-bond acceptors (Lipinski definition) is 10. The van der Waals surface area contributed by atoms with Crippen LogP contribution in [0.3, 0.4) is 0 Å². The maximum absolute atomic E-state index is 10.9. The molecule has 5 aromatic rings. The summed E-state index contributed by atoms with van der Waals surface area (Å²) in [7, 11) is -12.5. The van der Waals surface area contributed by atoms with Gasteiger partial charge in [0.2, 0.25) is 0 Å². The molecule has 0 amide bonds. The minimum Gasteiger partial charge on any atom is -0.744 e. The van der Waals surface area contributed by atoms with Crippen molar-refractivity contribution < 1.29 is 43.6 Å². The van der Waals surface area contributed by atoms with E-state index in [1.165, 1.54) is 16.0 Å². The van der Waals surface area contributed by atoms with E-state index >= 15 is 0 Å². The van der Waals surface area contributed by atoms with Crippen LogP contribution in [0.25, 0.3) is 10.2 Å². The van der Waals surface area contributed by atoms with Crippen molar-refractivity contribution in [3.05, 3.63) is 111 Å². The smallest absolute Gasteiger partial charge is 0.356 e. The van der Waals surface area contributed by atoms with E-state index in [-0.39, 0.29) is 14.7 Å². The minimum atomic E-state index is -4.33. The first-order chi connectivity index (χ1) is 22.7. The van der Waals surface area contributed by atoms with Gasteiger partial charge < -0.3 is 4.55 Å². The fourth-order valence-electron chi connectivity index (χ4n) is 5.73. The van der Waals surface area contributed by atoms with Gasteiger partial charge in [-0.3, -0.25) is 20.7 Å². The lowest BCUT2D eigenvalue weighted by molar-refractivity contribution is -0.591. The SMILES string of the molecule is Cc1cc(C)c(S(=O)(=O)O)c(C)c1.Cc1cc(C)c(S(=O)(=O)O)c(C)c1.Cc1cc(C)c(S(=O)(=O)[O-])c(C)c1.Nc1sc2ccccc2[n+]1N. The third-order valence-electron chi connectivity index (χ3n) is 7.16. The Balaban J connectivity index is 0.000000231. The minimum absolute atomic E-state index is 0.0260. The molecule has 0 unspecified atom stereocenters. The molecular formula is C34H43N3O9S4. The number of para-hydroxylation sites is 1. The second kappa shape index (κ2) is 16.4. The van der Waals surface area contributed by atoms with Gasteiger partial charge in [-0.05, 0) is 119 Å². The Hall–Kier alpha value is -3.90. The van der Waals surface area contributed by atoms with E-state index in [2.05, 4.69) is 0 Å². The number of nitrogen functional groups attached to an aromatic ring is 2. The predicted molar refractivity (Wildman–Crippen MR) is 196 cm³/mol. The van der Waals surface area contributed by atoms with E-state index in [1.807, 2.05) is 45.0 Å². The van der Waals surface area contributed by atoms with Gasteiger partial charge in [-0.1, -0.05) is 65.2 Å². The molecule has 5 rings (SSSR count). The van der Waals surface area contributed by atoms with Crippen molar-refractivity contribution in [2.45, 2.75) is 77.0 Å². The highest BCUT2D eigenvalue weighted by atomic mass is 32.2. The molecule has 1 aromatic heterocycles. The number of nitrogens with two attached hydrogens (primary N) is 2. The van der Waals surface area contributed by atoms with Gasteiger partial charge in [0.1, 0.15) is 10.1 Å². The van der Waals surface area contributed by atoms with E-state index < -0.39 is 30.4 Å². The molecule has 0 spiro atoms. The number of fused-ring (bicyclic) bond motifs is 1. The van der Waals surface area contributed by atoms with Crippen LogP contribution in [0, 0.1) is 62.3 Å². The second-order valence-corrected chi connectivity index (χ2v) is 17.0. The molecule has 12 nitrogen and oxygen atoms in total. The number of anilines is 1. The van der Waals surface area contributed by atoms with Crippen LogP contribution in [-0.4, -0.2) is 38.9 Å². The fraction of sp³-hybridized carbons (Fsp3) is 0.265. The quantitative estimate of drug-likeness (QED) is 0.0988. The van der Waals surface area contributed by atoms with Gasteiger partial charge in [0.15, 0.2) is 5.52 Å². The van der Waals surface area contributed by atoms with Gasteiger partial charge in [-0.15, -0.1) is 4.68 Å². The van der Waals surface area contributed by atoms with Crippen LogP contribution in [0.15, 0.2) is 75.4 Å². The molecule has 0 bridgehead atoms. The van der Waals surface area contributed by atoms with E-state index in [0.29, 0.717) is 38.5 Å². The normalized spacial score (nSPS) is 11.4. The Kier molecular flexibility index (Phi) is 13.9. The maximum Gasteiger partial charge on any atom is 0.356 e. The van der Waals surface area contributed by atoms with Gasteiger partial charge in [0.05, 0.1) is 19.4 Å². The zero-order valence-electron chi connectivity index (χ0n) is 29.3. The van der Waals surface area contributed by atoms with E-state index in [1.54, 1.807) is 77.9 Å². The molecular weight excluding hydrogens is 723 g/mol. The number of hydrogen-bond donors (Lipinski definition) is 4. The van der Waals surface area contributed by atoms with E-state index in [0.717, 1.165) is 26.9 Å². The molecule has 50 heavy (non-hydrogen) atoms. The standard InChI is InChI=1S/3C9H12O3S.C7H7N3S/c3*1-6-4-7(2)9(8(3)5-6)13(10,11)12;8-7-10(9)5-3-1-2-4-6(5)11-7/h3*4-5H,1-3H3,(H,10,11,12);1-4,8H,9H2. The zero-order chi connectivity index (χ0) is 38.5. The highest BCUT2D eigenvalue weighted by Gasteiger charge is 2.17. The molecule has 0 radical (unpaired) electrons. The summed E-state index contributed by atoms with van der Waals surface area (Å²) in [5.74, 6) is 5.64. The van der Waals surface area contributed by atoms with Crippen molar-refractivity contribution in [2.24, 2.45) is 0 Å². The molecule has 0 atom stereocenters. The first kappa shape index (κ1) is 42.3. The van der Waals surface area contributed by atoms with Gasteiger partial charge in [-0.2, -0.15) is 16.8 Å². The van der Waals surface area contributed by atoms with Crippen molar-refractivity contribution in [1.82, 2.24) is 0 Å². The summed E-state index contributed by atoms with van der Waals surface area (Å²) in [5, 5.41) is 0.631. The molecule has 6 N–H and O–H groups in total. The van der Waals surface area contributed by atoms with E-state index in [4.69, 9.17) is 20.7 Å². The number of benzene rings is 4. The molecule has 0 aliphatic rings. The van der Waals surface area contributed by atoms with Gasteiger partial charge in [-0.25, -0.2) is 8.42 Å². The Labute approximate surface area is 298 Å². The summed E-state index contributed by atoms with van der Waals surface area (Å²) in [5.41, 5.74) is 12.9. The Bertz CT molecular complexity index is 2100. The Morgan fingerprint density at radius 1 is 0.580 bits per heavy atom. The zero-order valence-corrected chi connectivity index (χ0v) is 32.5. The molecule has 1 heterocycles. The Morgan fingerprint density at radius 3 is 1.16 bits per heavy atom. The Morgan fingerprint density at radius 2 is 0.880 bits per heavy atom. The fourth-order valence-corrected chi connectivity index (χ4v) is 9.34. The lowest BCUT2D eigenvalue weighted by Gasteiger charge is -2.14. The van der Waals surface area contributed by atoms with Gasteiger partial charge in [0.25, 0.3) is 20.2 Å². The molecule has 272 valence electrons. The molecule has 4 aromatic carbocycles. The molecule has 0 aliphatic heterocycles. The summed E-state index contributed by atoms with van der Waals surface area (Å²) in [4.78, 5) is -0.0331. The van der Waals surface area contributed by atoms with Crippen LogP contribution < -0.4 is 16.3 Å². The molecule has 0 fully saturated rings. The first-order valence-electron chi connectivity index (χ1n) is 14.8. The average Bonchev–Trinajstić information content (AvgIpc) is 3.18. The number of aromatic nitrogens is 1. The summed E-state index contributed by atoms with van der Waals surface area (Å²) in [6.45, 7) is 15.6. The van der Waals surface area contributed by atoms with Crippen molar-refractivity contribution in [2.75, 3.05) is 11.6 Å².